The zero-order chi connectivity index (χ0) is 30.8. The smallest absolute Gasteiger partial charge is 0.408 e. The van der Waals surface area contributed by atoms with Crippen molar-refractivity contribution < 1.29 is 32.3 Å². The highest BCUT2D eigenvalue weighted by molar-refractivity contribution is 7.89. The van der Waals surface area contributed by atoms with E-state index in [9.17, 15) is 22.8 Å². The van der Waals surface area contributed by atoms with Crippen LogP contribution in [0.2, 0.25) is 0 Å². The lowest BCUT2D eigenvalue weighted by atomic mass is 10.1. The summed E-state index contributed by atoms with van der Waals surface area (Å²) in [6.07, 6.45) is -0.0101. The predicted octanol–water partition coefficient (Wildman–Crippen LogP) is 4.68. The van der Waals surface area contributed by atoms with Crippen molar-refractivity contribution in [3.63, 3.8) is 0 Å². The van der Waals surface area contributed by atoms with Gasteiger partial charge in [0.15, 0.2) is 0 Å². The first-order chi connectivity index (χ1) is 19.9. The Bertz CT molecular complexity index is 1490. The summed E-state index contributed by atoms with van der Waals surface area (Å²) in [5.74, 6) is -0.495. The van der Waals surface area contributed by atoms with Gasteiger partial charge in [-0.2, -0.15) is 0 Å². The molecule has 0 saturated carbocycles. The average Bonchev–Trinajstić information content (AvgIpc) is 2.94. The highest BCUT2D eigenvalue weighted by Crippen LogP contribution is 2.29. The van der Waals surface area contributed by atoms with Gasteiger partial charge in [-0.15, -0.1) is 0 Å². The average molecular weight is 599 g/mol. The second-order valence-corrected chi connectivity index (χ2v) is 12.4. The van der Waals surface area contributed by atoms with Gasteiger partial charge < -0.3 is 25.4 Å². The molecule has 4 N–H and O–H groups in total. The summed E-state index contributed by atoms with van der Waals surface area (Å²) in [5, 5.41) is 9.10. The van der Waals surface area contributed by atoms with E-state index in [1.807, 2.05) is 30.3 Å². The van der Waals surface area contributed by atoms with E-state index in [0.29, 0.717) is 35.8 Å². The number of ether oxygens (including phenoxy) is 2. The van der Waals surface area contributed by atoms with Crippen LogP contribution in [0.3, 0.4) is 0 Å². The van der Waals surface area contributed by atoms with Gasteiger partial charge in [-0.3, -0.25) is 4.79 Å². The zero-order valence-corrected chi connectivity index (χ0v) is 25.0. The molecule has 226 valence electrons. The monoisotopic (exact) mass is 598 g/mol. The lowest BCUT2D eigenvalue weighted by molar-refractivity contribution is -0.118. The van der Waals surface area contributed by atoms with Gasteiger partial charge in [0.1, 0.15) is 18.2 Å². The van der Waals surface area contributed by atoms with Gasteiger partial charge in [-0.25, -0.2) is 22.7 Å². The van der Waals surface area contributed by atoms with Crippen molar-refractivity contribution in [1.82, 2.24) is 15.4 Å². The molecule has 0 fully saturated rings. The number of fused-ring (bicyclic) bond motifs is 1. The van der Waals surface area contributed by atoms with E-state index in [4.69, 9.17) is 9.47 Å². The standard InChI is InChI=1S/C30H38N4O7S/c1-30(2,3)41-29(37)34-25(16-8-9-19-32-28(36)40-20-21-12-6-5-7-13-21)27(35)33-24-17-10-15-23-22(24)14-11-18-26(23)42(38,39)31-4/h5-7,10-15,17-18,25,31H,8-9,16,19-20H2,1-4H3,(H,32,36)(H,33,35)(H,34,37)/t25-/m0/s1. The predicted molar refractivity (Wildman–Crippen MR) is 160 cm³/mol. The zero-order valence-electron chi connectivity index (χ0n) is 24.2. The molecule has 0 spiro atoms. The van der Waals surface area contributed by atoms with E-state index in [2.05, 4.69) is 20.7 Å². The number of carbonyl (C=O) groups is 3. The first-order valence-corrected chi connectivity index (χ1v) is 15.1. The molecule has 3 rings (SSSR count). The Kier molecular flexibility index (Phi) is 11.3. The van der Waals surface area contributed by atoms with Gasteiger partial charge in [0.2, 0.25) is 15.9 Å². The third kappa shape index (κ3) is 9.74. The van der Waals surface area contributed by atoms with E-state index in [1.165, 1.54) is 13.1 Å². The minimum absolute atomic E-state index is 0.0804. The SMILES string of the molecule is CNS(=O)(=O)c1cccc2c(NC(=O)[C@H](CCCCNC(=O)OCc3ccccc3)NC(=O)OC(C)(C)C)cccc12. The highest BCUT2D eigenvalue weighted by atomic mass is 32.2. The van der Waals surface area contributed by atoms with Crippen molar-refractivity contribution in [3.05, 3.63) is 72.3 Å². The summed E-state index contributed by atoms with van der Waals surface area (Å²) < 4.78 is 37.9. The first kappa shape index (κ1) is 32.4. The van der Waals surface area contributed by atoms with Crippen molar-refractivity contribution in [2.24, 2.45) is 0 Å². The second kappa shape index (κ2) is 14.6. The number of nitrogens with one attached hydrogen (secondary N) is 4. The molecule has 3 aromatic carbocycles. The van der Waals surface area contributed by atoms with Gasteiger partial charge >= 0.3 is 12.2 Å². The summed E-state index contributed by atoms with van der Waals surface area (Å²) in [4.78, 5) is 38.0. The van der Waals surface area contributed by atoms with Crippen LogP contribution in [-0.2, 0) is 30.9 Å². The Morgan fingerprint density at radius 2 is 1.55 bits per heavy atom. The Hall–Kier alpha value is -4.16. The lowest BCUT2D eigenvalue weighted by Crippen LogP contribution is -2.45. The number of hydrogen-bond acceptors (Lipinski definition) is 7. The number of rotatable bonds is 12. The fourth-order valence-corrected chi connectivity index (χ4v) is 5.06. The molecule has 0 aliphatic heterocycles. The number of alkyl carbamates (subject to hydrolysis) is 2. The van der Waals surface area contributed by atoms with Crippen LogP contribution in [0.5, 0.6) is 0 Å². The maximum Gasteiger partial charge on any atom is 0.408 e. The number of amides is 3. The van der Waals surface area contributed by atoms with E-state index in [0.717, 1.165) is 5.56 Å². The van der Waals surface area contributed by atoms with Crippen molar-refractivity contribution in [2.45, 2.75) is 63.2 Å². The number of hydrogen-bond donors (Lipinski definition) is 4. The number of carbonyl (C=O) groups excluding carboxylic acids is 3. The topological polar surface area (TPSA) is 152 Å². The van der Waals surface area contributed by atoms with Crippen molar-refractivity contribution in [3.8, 4) is 0 Å². The molecule has 3 amide bonds. The summed E-state index contributed by atoms with van der Waals surface area (Å²) in [6.45, 7) is 5.64. The fourth-order valence-electron chi connectivity index (χ4n) is 4.11. The molecule has 12 heteroatoms. The van der Waals surface area contributed by atoms with Gasteiger partial charge in [-0.1, -0.05) is 54.6 Å². The molecule has 0 aliphatic rings. The van der Waals surface area contributed by atoms with E-state index in [-0.39, 0.29) is 17.9 Å². The van der Waals surface area contributed by atoms with Crippen LogP contribution in [0.1, 0.15) is 45.6 Å². The minimum Gasteiger partial charge on any atom is -0.445 e. The quantitative estimate of drug-likeness (QED) is 0.221. The van der Waals surface area contributed by atoms with Crippen LogP contribution in [0, 0.1) is 0 Å². The molecule has 0 radical (unpaired) electrons. The summed E-state index contributed by atoms with van der Waals surface area (Å²) >= 11 is 0. The summed E-state index contributed by atoms with van der Waals surface area (Å²) in [5.41, 5.74) is 0.505. The molecule has 0 unspecified atom stereocenters. The second-order valence-electron chi connectivity index (χ2n) is 10.5. The van der Waals surface area contributed by atoms with Crippen LogP contribution >= 0.6 is 0 Å². The molecule has 0 aromatic heterocycles. The Labute approximate surface area is 246 Å². The van der Waals surface area contributed by atoms with Crippen LogP contribution in [0.4, 0.5) is 15.3 Å². The van der Waals surface area contributed by atoms with E-state index < -0.39 is 39.8 Å². The molecule has 1 atom stereocenters. The Morgan fingerprint density at radius 3 is 2.24 bits per heavy atom. The third-order valence-corrected chi connectivity index (χ3v) is 7.58. The molecule has 0 heterocycles. The third-order valence-electron chi connectivity index (χ3n) is 6.11. The molecule has 0 bridgehead atoms. The van der Waals surface area contributed by atoms with E-state index in [1.54, 1.807) is 51.1 Å². The minimum atomic E-state index is -3.74. The maximum absolute atomic E-state index is 13.4. The van der Waals surface area contributed by atoms with Gasteiger partial charge in [0, 0.05) is 23.0 Å². The molecular weight excluding hydrogens is 560 g/mol. The van der Waals surface area contributed by atoms with Crippen LogP contribution < -0.4 is 20.7 Å². The van der Waals surface area contributed by atoms with Crippen LogP contribution in [0.25, 0.3) is 10.8 Å². The normalized spacial score (nSPS) is 12.3. The van der Waals surface area contributed by atoms with Gasteiger partial charge in [0.05, 0.1) is 4.90 Å². The number of sulfonamides is 1. The molecule has 0 aliphatic carbocycles. The van der Waals surface area contributed by atoms with Gasteiger partial charge in [-0.05, 0) is 64.8 Å². The van der Waals surface area contributed by atoms with Crippen molar-refractivity contribution in [2.75, 3.05) is 18.9 Å². The number of benzene rings is 3. The molecule has 42 heavy (non-hydrogen) atoms. The Morgan fingerprint density at radius 1 is 0.857 bits per heavy atom. The number of anilines is 1. The molecular formula is C30H38N4O7S. The van der Waals surface area contributed by atoms with Crippen molar-refractivity contribution >= 4 is 44.6 Å². The lowest BCUT2D eigenvalue weighted by Gasteiger charge is -2.23. The van der Waals surface area contributed by atoms with E-state index >= 15 is 0 Å². The van der Waals surface area contributed by atoms with Crippen LogP contribution in [0.15, 0.2) is 71.6 Å². The highest BCUT2D eigenvalue weighted by Gasteiger charge is 2.25. The number of unbranched alkanes of at least 4 members (excludes halogenated alkanes) is 1. The summed E-state index contributed by atoms with van der Waals surface area (Å²) in [7, 11) is -2.41. The maximum atomic E-state index is 13.4. The molecule has 0 saturated heterocycles. The molecule has 11 nitrogen and oxygen atoms in total. The Balaban J connectivity index is 1.64. The first-order valence-electron chi connectivity index (χ1n) is 13.6. The van der Waals surface area contributed by atoms with Crippen LogP contribution in [-0.4, -0.2) is 51.7 Å². The largest absolute Gasteiger partial charge is 0.445 e. The van der Waals surface area contributed by atoms with Crippen molar-refractivity contribution in [1.29, 1.82) is 0 Å². The summed E-state index contributed by atoms with van der Waals surface area (Å²) in [6, 6.07) is 18.1. The molecule has 3 aromatic rings. The fraction of sp³-hybridized carbons (Fsp3) is 0.367. The van der Waals surface area contributed by atoms with Gasteiger partial charge in [0.25, 0.3) is 0 Å².